The number of fused-ring (bicyclic) bond motifs is 1. The normalized spacial score (nSPS) is 12.5. The summed E-state index contributed by atoms with van der Waals surface area (Å²) in [6.45, 7) is 4.43. The Morgan fingerprint density at radius 3 is 2.76 bits per heavy atom. The van der Waals surface area contributed by atoms with Crippen molar-refractivity contribution >= 4 is 16.6 Å². The van der Waals surface area contributed by atoms with Gasteiger partial charge < -0.3 is 9.32 Å². The molecule has 2 aromatic heterocycles. The molecule has 0 spiro atoms. The molecule has 0 amide bonds. The van der Waals surface area contributed by atoms with Gasteiger partial charge in [0.25, 0.3) is 0 Å². The Bertz CT molecular complexity index is 734. The summed E-state index contributed by atoms with van der Waals surface area (Å²) in [5.74, 6) is 0. The number of aromatic nitrogens is 1. The van der Waals surface area contributed by atoms with Crippen LogP contribution in [0.5, 0.6) is 0 Å². The van der Waals surface area contributed by atoms with Crippen LogP contribution in [0.15, 0.2) is 53.3 Å². The van der Waals surface area contributed by atoms with Crippen LogP contribution in [0.4, 0.5) is 5.69 Å². The number of hydrogen-bond acceptors (Lipinski definition) is 3. The average molecular weight is 280 g/mol. The summed E-state index contributed by atoms with van der Waals surface area (Å²) in [6, 6.07) is 12.9. The third-order valence-corrected chi connectivity index (χ3v) is 4.13. The predicted molar refractivity (Wildman–Crippen MR) is 87.6 cm³/mol. The quantitative estimate of drug-likeness (QED) is 0.692. The molecule has 0 bridgehead atoms. The largest absolute Gasteiger partial charge is 0.472 e. The highest BCUT2D eigenvalue weighted by Gasteiger charge is 2.16. The van der Waals surface area contributed by atoms with E-state index in [1.807, 2.05) is 18.2 Å². The molecule has 2 heterocycles. The summed E-state index contributed by atoms with van der Waals surface area (Å²) < 4.78 is 5.24. The Morgan fingerprint density at radius 1 is 1.24 bits per heavy atom. The number of furan rings is 1. The lowest BCUT2D eigenvalue weighted by atomic mass is 10.1. The van der Waals surface area contributed by atoms with Crippen molar-refractivity contribution in [3.63, 3.8) is 0 Å². The van der Waals surface area contributed by atoms with Gasteiger partial charge in [0, 0.05) is 24.0 Å². The molecule has 1 atom stereocenters. The van der Waals surface area contributed by atoms with E-state index in [0.29, 0.717) is 6.04 Å². The highest BCUT2D eigenvalue weighted by molar-refractivity contribution is 5.89. The minimum atomic E-state index is 0.457. The van der Waals surface area contributed by atoms with Gasteiger partial charge >= 0.3 is 0 Å². The van der Waals surface area contributed by atoms with E-state index in [0.717, 1.165) is 34.3 Å². The van der Waals surface area contributed by atoms with E-state index in [4.69, 9.17) is 9.40 Å². The average Bonchev–Trinajstić information content (AvgIpc) is 3.06. The predicted octanol–water partition coefficient (Wildman–Crippen LogP) is 4.73. The van der Waals surface area contributed by atoms with Gasteiger partial charge in [-0.25, -0.2) is 4.98 Å². The van der Waals surface area contributed by atoms with Gasteiger partial charge in [-0.15, -0.1) is 0 Å². The molecule has 0 saturated carbocycles. The van der Waals surface area contributed by atoms with E-state index in [1.165, 1.54) is 0 Å². The van der Waals surface area contributed by atoms with E-state index in [-0.39, 0.29) is 0 Å². The summed E-state index contributed by atoms with van der Waals surface area (Å²) in [5, 5.41) is 1.16. The van der Waals surface area contributed by atoms with Gasteiger partial charge in [-0.3, -0.25) is 0 Å². The molecular weight excluding hydrogens is 260 g/mol. The highest BCUT2D eigenvalue weighted by Crippen LogP contribution is 2.33. The zero-order valence-corrected chi connectivity index (χ0v) is 12.7. The molecule has 0 fully saturated rings. The lowest BCUT2D eigenvalue weighted by Crippen LogP contribution is -2.28. The Hall–Kier alpha value is -2.29. The number of pyridine rings is 1. The number of anilines is 1. The first kappa shape index (κ1) is 13.7. The maximum Gasteiger partial charge on any atom is 0.0997 e. The fraction of sp³-hybridized carbons (Fsp3) is 0.278. The molecule has 0 radical (unpaired) electrons. The first-order chi connectivity index (χ1) is 10.2. The van der Waals surface area contributed by atoms with Crippen LogP contribution in [0.2, 0.25) is 0 Å². The minimum absolute atomic E-state index is 0.457. The Morgan fingerprint density at radius 2 is 2.05 bits per heavy atom. The SMILES string of the molecule is CCC(C)N(C)c1cc2ccccc2nc1-c1ccoc1. The van der Waals surface area contributed by atoms with Gasteiger partial charge in [0.05, 0.1) is 29.4 Å². The molecule has 21 heavy (non-hydrogen) atoms. The number of para-hydroxylation sites is 1. The molecule has 3 nitrogen and oxygen atoms in total. The van der Waals surface area contributed by atoms with Gasteiger partial charge in [0.1, 0.15) is 0 Å². The number of hydrogen-bond donors (Lipinski definition) is 0. The summed E-state index contributed by atoms with van der Waals surface area (Å²) in [4.78, 5) is 7.15. The first-order valence-corrected chi connectivity index (χ1v) is 7.36. The molecule has 3 rings (SSSR count). The lowest BCUT2D eigenvalue weighted by molar-refractivity contribution is 0.568. The summed E-state index contributed by atoms with van der Waals surface area (Å²) in [7, 11) is 2.13. The van der Waals surface area contributed by atoms with Crippen LogP contribution < -0.4 is 4.90 Å². The van der Waals surface area contributed by atoms with Gasteiger partial charge in [-0.2, -0.15) is 0 Å². The van der Waals surface area contributed by atoms with Crippen molar-refractivity contribution in [1.82, 2.24) is 4.98 Å². The zero-order chi connectivity index (χ0) is 14.8. The Kier molecular flexibility index (Phi) is 3.65. The van der Waals surface area contributed by atoms with Crippen molar-refractivity contribution in [3.8, 4) is 11.3 Å². The van der Waals surface area contributed by atoms with Crippen LogP contribution in [-0.4, -0.2) is 18.1 Å². The molecule has 3 heteroatoms. The van der Waals surface area contributed by atoms with E-state index in [9.17, 15) is 0 Å². The topological polar surface area (TPSA) is 29.3 Å². The molecule has 0 aliphatic rings. The monoisotopic (exact) mass is 280 g/mol. The molecule has 3 aromatic rings. The molecule has 1 aromatic carbocycles. The van der Waals surface area contributed by atoms with Crippen LogP contribution in [0, 0.1) is 0 Å². The van der Waals surface area contributed by atoms with Crippen molar-refractivity contribution < 1.29 is 4.42 Å². The lowest BCUT2D eigenvalue weighted by Gasteiger charge is -2.28. The second kappa shape index (κ2) is 5.60. The third kappa shape index (κ3) is 2.51. The van der Waals surface area contributed by atoms with Crippen LogP contribution >= 0.6 is 0 Å². The van der Waals surface area contributed by atoms with Crippen LogP contribution in [0.25, 0.3) is 22.2 Å². The summed E-state index contributed by atoms with van der Waals surface area (Å²) in [6.07, 6.45) is 4.54. The van der Waals surface area contributed by atoms with Gasteiger partial charge in [-0.1, -0.05) is 25.1 Å². The summed E-state index contributed by atoms with van der Waals surface area (Å²) in [5.41, 5.74) is 4.15. The minimum Gasteiger partial charge on any atom is -0.472 e. The van der Waals surface area contributed by atoms with E-state index >= 15 is 0 Å². The van der Waals surface area contributed by atoms with Crippen molar-refractivity contribution in [2.75, 3.05) is 11.9 Å². The molecule has 0 aliphatic carbocycles. The zero-order valence-electron chi connectivity index (χ0n) is 12.7. The van der Waals surface area contributed by atoms with Crippen LogP contribution in [-0.2, 0) is 0 Å². The molecule has 108 valence electrons. The fourth-order valence-electron chi connectivity index (χ4n) is 2.50. The number of rotatable bonds is 4. The molecule has 1 unspecified atom stereocenters. The van der Waals surface area contributed by atoms with Crippen molar-refractivity contribution in [2.45, 2.75) is 26.3 Å². The van der Waals surface area contributed by atoms with Crippen molar-refractivity contribution in [1.29, 1.82) is 0 Å². The third-order valence-electron chi connectivity index (χ3n) is 4.13. The first-order valence-electron chi connectivity index (χ1n) is 7.36. The van der Waals surface area contributed by atoms with Gasteiger partial charge in [0.15, 0.2) is 0 Å². The Labute approximate surface area is 125 Å². The van der Waals surface area contributed by atoms with E-state index in [2.05, 4.69) is 44.0 Å². The highest BCUT2D eigenvalue weighted by atomic mass is 16.3. The Balaban J connectivity index is 2.22. The molecule has 0 saturated heterocycles. The van der Waals surface area contributed by atoms with E-state index in [1.54, 1.807) is 12.5 Å². The van der Waals surface area contributed by atoms with Crippen molar-refractivity contribution in [2.24, 2.45) is 0 Å². The molecular formula is C18H20N2O. The summed E-state index contributed by atoms with van der Waals surface area (Å²) >= 11 is 0. The van der Waals surface area contributed by atoms with Gasteiger partial charge in [0.2, 0.25) is 0 Å². The van der Waals surface area contributed by atoms with Gasteiger partial charge in [-0.05, 0) is 31.5 Å². The molecule has 0 aliphatic heterocycles. The maximum absolute atomic E-state index is 5.24. The second-order valence-corrected chi connectivity index (χ2v) is 5.43. The maximum atomic E-state index is 5.24. The van der Waals surface area contributed by atoms with Crippen LogP contribution in [0.1, 0.15) is 20.3 Å². The second-order valence-electron chi connectivity index (χ2n) is 5.43. The number of nitrogens with zero attached hydrogens (tertiary/aromatic N) is 2. The van der Waals surface area contributed by atoms with E-state index < -0.39 is 0 Å². The standard InChI is InChI=1S/C18H20N2O/c1-4-13(2)20(3)17-11-14-7-5-6-8-16(14)19-18(17)15-9-10-21-12-15/h5-13H,4H2,1-3H3. The smallest absolute Gasteiger partial charge is 0.0997 e. The molecule has 0 N–H and O–H groups in total. The van der Waals surface area contributed by atoms with Crippen molar-refractivity contribution in [3.05, 3.63) is 48.9 Å². The van der Waals surface area contributed by atoms with Crippen LogP contribution in [0.3, 0.4) is 0 Å². The number of benzene rings is 1. The fourth-order valence-corrected chi connectivity index (χ4v) is 2.50.